The zero-order chi connectivity index (χ0) is 26.6. The highest BCUT2D eigenvalue weighted by Gasteiger charge is 2.27. The van der Waals surface area contributed by atoms with Crippen LogP contribution in [0.5, 0.6) is 5.88 Å². The highest BCUT2D eigenvalue weighted by molar-refractivity contribution is 6.00. The van der Waals surface area contributed by atoms with E-state index >= 15 is 0 Å². The van der Waals surface area contributed by atoms with E-state index in [0.717, 1.165) is 0 Å². The summed E-state index contributed by atoms with van der Waals surface area (Å²) in [4.78, 5) is 25.8. The fraction of sp³-hybridized carbons (Fsp3) is 0.280. The van der Waals surface area contributed by atoms with Crippen LogP contribution in [0.4, 0.5) is 15.9 Å². The average Bonchev–Trinajstić information content (AvgIpc) is 3.31. The molecule has 0 aliphatic carbocycles. The van der Waals surface area contributed by atoms with E-state index < -0.39 is 17.7 Å². The first-order chi connectivity index (χ1) is 17.7. The van der Waals surface area contributed by atoms with Gasteiger partial charge in [-0.2, -0.15) is 10.4 Å². The molecule has 0 aliphatic heterocycles. The number of ether oxygens (including phenoxy) is 1. The summed E-state index contributed by atoms with van der Waals surface area (Å²) in [5.41, 5.74) is 1.08. The Labute approximate surface area is 212 Å². The summed E-state index contributed by atoms with van der Waals surface area (Å²) < 4.78 is 21.2. The number of nitrogens with zero attached hydrogens (tertiary/aromatic N) is 6. The Hall–Kier alpha value is -4.63. The van der Waals surface area contributed by atoms with Gasteiger partial charge in [-0.15, -0.1) is 0 Å². The maximum Gasteiger partial charge on any atom is 0.255 e. The van der Waals surface area contributed by atoms with E-state index in [-0.39, 0.29) is 12.1 Å². The number of carbonyl (C=O) groups excluding carboxylic acids is 1. The Morgan fingerprint density at radius 2 is 2.03 bits per heavy atom. The van der Waals surface area contributed by atoms with Gasteiger partial charge < -0.3 is 20.5 Å². The topological polar surface area (TPSA) is 150 Å². The smallest absolute Gasteiger partial charge is 0.255 e. The van der Waals surface area contributed by atoms with Crippen molar-refractivity contribution in [3.63, 3.8) is 0 Å². The van der Waals surface area contributed by atoms with Crippen molar-refractivity contribution in [1.29, 1.82) is 5.26 Å². The van der Waals surface area contributed by atoms with Gasteiger partial charge in [0.25, 0.3) is 5.91 Å². The van der Waals surface area contributed by atoms with Crippen LogP contribution in [0.1, 0.15) is 36.7 Å². The third-order valence-electron chi connectivity index (χ3n) is 5.43. The molecule has 1 amide bonds. The molecule has 11 nitrogen and oxygen atoms in total. The lowest BCUT2D eigenvalue weighted by Gasteiger charge is -2.22. The van der Waals surface area contributed by atoms with Gasteiger partial charge in [-0.25, -0.2) is 18.9 Å². The van der Waals surface area contributed by atoms with Crippen molar-refractivity contribution in [2.75, 3.05) is 18.5 Å². The molecule has 0 bridgehead atoms. The van der Waals surface area contributed by atoms with E-state index in [2.05, 4.69) is 36.8 Å². The largest absolute Gasteiger partial charge is 0.477 e. The van der Waals surface area contributed by atoms with Crippen LogP contribution in [0.15, 0.2) is 49.1 Å². The molecule has 4 aromatic rings. The molecule has 190 valence electrons. The number of amides is 1. The number of hydrogen-bond acceptors (Lipinski definition) is 9. The Kier molecular flexibility index (Phi) is 7.26. The van der Waals surface area contributed by atoms with Crippen molar-refractivity contribution in [3.05, 3.63) is 60.2 Å². The highest BCUT2D eigenvalue weighted by Crippen LogP contribution is 2.27. The van der Waals surface area contributed by atoms with E-state index in [1.807, 2.05) is 6.92 Å². The summed E-state index contributed by atoms with van der Waals surface area (Å²) in [6.45, 7) is 4.54. The van der Waals surface area contributed by atoms with Crippen molar-refractivity contribution < 1.29 is 19.0 Å². The fourth-order valence-corrected chi connectivity index (χ4v) is 3.40. The molecule has 37 heavy (non-hydrogen) atoms. The zero-order valence-electron chi connectivity index (χ0n) is 20.4. The van der Waals surface area contributed by atoms with Crippen LogP contribution in [-0.2, 0) is 0 Å². The van der Waals surface area contributed by atoms with Crippen LogP contribution in [0.25, 0.3) is 16.9 Å². The molecule has 12 heteroatoms. The second-order valence-corrected chi connectivity index (χ2v) is 8.66. The lowest BCUT2D eigenvalue weighted by atomic mass is 10.0. The maximum atomic E-state index is 14.2. The van der Waals surface area contributed by atoms with Gasteiger partial charge in [0.05, 0.1) is 71.1 Å². The third kappa shape index (κ3) is 5.79. The number of alkyl halides is 1. The van der Waals surface area contributed by atoms with E-state index in [0.29, 0.717) is 46.5 Å². The van der Waals surface area contributed by atoms with Crippen LogP contribution in [0, 0.1) is 11.3 Å². The number of halogens is 1. The number of aliphatic hydroxyl groups is 1. The molecule has 0 aromatic carbocycles. The van der Waals surface area contributed by atoms with Gasteiger partial charge in [0.2, 0.25) is 5.88 Å². The summed E-state index contributed by atoms with van der Waals surface area (Å²) in [5, 5.41) is 28.8. The summed E-state index contributed by atoms with van der Waals surface area (Å²) in [7, 11) is 0. The minimum atomic E-state index is -1.67. The molecule has 0 radical (unpaired) electrons. The molecule has 4 heterocycles. The predicted octanol–water partition coefficient (Wildman–Crippen LogP) is 3.04. The number of carbonyl (C=O) groups is 1. The second-order valence-electron chi connectivity index (χ2n) is 8.66. The normalized spacial score (nSPS) is 12.1. The number of anilines is 2. The third-order valence-corrected chi connectivity index (χ3v) is 5.43. The number of hydrogen-bond donors (Lipinski definition) is 3. The van der Waals surface area contributed by atoms with E-state index in [1.165, 1.54) is 38.6 Å². The molecule has 4 aromatic heterocycles. The van der Waals surface area contributed by atoms with Gasteiger partial charge in [-0.05, 0) is 45.0 Å². The van der Waals surface area contributed by atoms with Crippen molar-refractivity contribution in [2.45, 2.75) is 32.5 Å². The Balaban J connectivity index is 1.69. The molecule has 0 fully saturated rings. The quantitative estimate of drug-likeness (QED) is 0.312. The van der Waals surface area contributed by atoms with E-state index in [4.69, 9.17) is 10.00 Å². The molecule has 0 saturated heterocycles. The SMILES string of the molecule is CCOc1cnc(Nc2cc(-c3ccc4cc(C#N)cnn34)ncc2C(=O)NCC(F)C(C)(C)O)cn1. The second kappa shape index (κ2) is 10.5. The fourth-order valence-electron chi connectivity index (χ4n) is 3.40. The number of nitrogens with one attached hydrogen (secondary N) is 2. The molecule has 4 rings (SSSR count). The zero-order valence-corrected chi connectivity index (χ0v) is 20.4. The van der Waals surface area contributed by atoms with E-state index in [9.17, 15) is 14.3 Å². The lowest BCUT2D eigenvalue weighted by molar-refractivity contribution is -0.00177. The first-order valence-corrected chi connectivity index (χ1v) is 11.4. The van der Waals surface area contributed by atoms with Crippen LogP contribution in [0.2, 0.25) is 0 Å². The number of nitriles is 1. The number of rotatable bonds is 9. The van der Waals surface area contributed by atoms with Crippen molar-refractivity contribution in [2.24, 2.45) is 0 Å². The minimum absolute atomic E-state index is 0.128. The molecule has 0 saturated carbocycles. The molecule has 3 N–H and O–H groups in total. The van der Waals surface area contributed by atoms with Crippen LogP contribution in [-0.4, -0.2) is 60.5 Å². The Bertz CT molecular complexity index is 1460. The Morgan fingerprint density at radius 3 is 2.70 bits per heavy atom. The summed E-state index contributed by atoms with van der Waals surface area (Å²) in [6, 6.07) is 8.98. The van der Waals surface area contributed by atoms with Crippen molar-refractivity contribution in [3.8, 4) is 23.3 Å². The molecule has 0 spiro atoms. The minimum Gasteiger partial charge on any atom is -0.477 e. The summed E-state index contributed by atoms with van der Waals surface area (Å²) in [6.07, 6.45) is 4.03. The Morgan fingerprint density at radius 1 is 1.22 bits per heavy atom. The van der Waals surface area contributed by atoms with Gasteiger partial charge in [-0.1, -0.05) is 0 Å². The van der Waals surface area contributed by atoms with Gasteiger partial charge in [-0.3, -0.25) is 9.78 Å². The van der Waals surface area contributed by atoms with Gasteiger partial charge >= 0.3 is 0 Å². The van der Waals surface area contributed by atoms with Gasteiger partial charge in [0, 0.05) is 6.20 Å². The maximum absolute atomic E-state index is 14.2. The number of aromatic nitrogens is 5. The summed E-state index contributed by atoms with van der Waals surface area (Å²) >= 11 is 0. The first-order valence-electron chi connectivity index (χ1n) is 11.4. The first kappa shape index (κ1) is 25.5. The van der Waals surface area contributed by atoms with Crippen molar-refractivity contribution >= 4 is 22.9 Å². The molecular formula is C25H25FN8O3. The highest BCUT2D eigenvalue weighted by atomic mass is 19.1. The monoisotopic (exact) mass is 504 g/mol. The predicted molar refractivity (Wildman–Crippen MR) is 133 cm³/mol. The molecule has 1 atom stereocenters. The van der Waals surface area contributed by atoms with Gasteiger partial charge in [0.15, 0.2) is 0 Å². The van der Waals surface area contributed by atoms with Gasteiger partial charge in [0.1, 0.15) is 18.1 Å². The lowest BCUT2D eigenvalue weighted by Crippen LogP contribution is -2.42. The molecule has 1 unspecified atom stereocenters. The molecular weight excluding hydrogens is 479 g/mol. The molecule has 0 aliphatic rings. The van der Waals surface area contributed by atoms with E-state index in [1.54, 1.807) is 28.8 Å². The van der Waals surface area contributed by atoms with Crippen LogP contribution >= 0.6 is 0 Å². The summed E-state index contributed by atoms with van der Waals surface area (Å²) in [5.74, 6) is 0.0972. The van der Waals surface area contributed by atoms with Crippen LogP contribution < -0.4 is 15.4 Å². The average molecular weight is 505 g/mol. The standard InChI is InChI=1S/C25H25FN8O3/c1-4-37-23-14-29-22(13-30-23)33-18-8-19(20-6-5-16-7-15(9-27)10-32-34(16)20)28-11-17(18)24(35)31-12-21(26)25(2,3)36/h5-8,10-11,13-14,21,36H,4,12H2,1-3H3,(H,31,35)(H,28,29,33). The number of fused-ring (bicyclic) bond motifs is 1. The number of pyridine rings is 1. The van der Waals surface area contributed by atoms with Crippen molar-refractivity contribution in [1.82, 2.24) is 29.9 Å². The van der Waals surface area contributed by atoms with Crippen LogP contribution in [0.3, 0.4) is 0 Å².